The highest BCUT2D eigenvalue weighted by atomic mass is 15.2. The molecule has 0 atom stereocenters. The Hall–Kier alpha value is -0.0800. The molecular weight excluding hydrogens is 124 g/mol. The highest BCUT2D eigenvalue weighted by Gasteiger charge is 2.49. The Morgan fingerprint density at radius 1 is 1.50 bits per heavy atom. The van der Waals surface area contributed by atoms with E-state index in [1.54, 1.807) is 0 Å². The first kappa shape index (κ1) is 6.62. The molecule has 10 heavy (non-hydrogen) atoms. The molecule has 0 aromatic carbocycles. The van der Waals surface area contributed by atoms with E-state index < -0.39 is 0 Å². The van der Waals surface area contributed by atoms with E-state index in [1.807, 2.05) is 0 Å². The lowest BCUT2D eigenvalue weighted by atomic mass is 9.86. The van der Waals surface area contributed by atoms with Gasteiger partial charge in [-0.1, -0.05) is 6.92 Å². The molecule has 2 rings (SSSR count). The van der Waals surface area contributed by atoms with Gasteiger partial charge in [0.2, 0.25) is 0 Å². The van der Waals surface area contributed by atoms with E-state index in [1.165, 1.54) is 19.4 Å². The van der Waals surface area contributed by atoms with Gasteiger partial charge < -0.3 is 5.73 Å². The van der Waals surface area contributed by atoms with Crippen LogP contribution in [0.25, 0.3) is 0 Å². The minimum Gasteiger partial charge on any atom is -0.323 e. The first-order valence-corrected chi connectivity index (χ1v) is 4.26. The molecule has 0 spiro atoms. The Morgan fingerprint density at radius 3 is 2.50 bits per heavy atom. The molecule has 1 heterocycles. The van der Waals surface area contributed by atoms with Crippen molar-refractivity contribution >= 4 is 0 Å². The minimum atomic E-state index is 0.232. The van der Waals surface area contributed by atoms with Crippen molar-refractivity contribution in [2.45, 2.75) is 25.3 Å². The van der Waals surface area contributed by atoms with Crippen LogP contribution in [-0.2, 0) is 0 Å². The monoisotopic (exact) mass is 140 g/mol. The van der Waals surface area contributed by atoms with Crippen molar-refractivity contribution in [3.8, 4) is 0 Å². The number of nitrogens with two attached hydrogens (primary N) is 1. The number of rotatable bonds is 2. The third-order valence-electron chi connectivity index (χ3n) is 2.87. The molecule has 2 aliphatic rings. The number of hydrogen-bond acceptors (Lipinski definition) is 2. The average molecular weight is 140 g/mol. The summed E-state index contributed by atoms with van der Waals surface area (Å²) in [5.74, 6) is 0.871. The molecule has 1 aliphatic heterocycles. The number of likely N-dealkylation sites (N-methyl/N-ethyl adjacent to an activating group) is 1. The van der Waals surface area contributed by atoms with Gasteiger partial charge in [-0.2, -0.15) is 0 Å². The predicted octanol–water partition coefficient (Wildman–Crippen LogP) is 0.429. The topological polar surface area (TPSA) is 29.3 Å². The van der Waals surface area contributed by atoms with Gasteiger partial charge in [0.15, 0.2) is 0 Å². The number of nitrogens with zero attached hydrogens (tertiary/aromatic N) is 1. The Kier molecular flexibility index (Phi) is 1.29. The van der Waals surface area contributed by atoms with Crippen LogP contribution >= 0.6 is 0 Å². The van der Waals surface area contributed by atoms with Gasteiger partial charge in [-0.05, 0) is 25.3 Å². The molecule has 2 heteroatoms. The van der Waals surface area contributed by atoms with Crippen molar-refractivity contribution < 1.29 is 0 Å². The zero-order valence-corrected chi connectivity index (χ0v) is 6.64. The van der Waals surface area contributed by atoms with Gasteiger partial charge in [0.05, 0.1) is 0 Å². The molecule has 2 fully saturated rings. The maximum atomic E-state index is 6.13. The average Bonchev–Trinajstić information content (AvgIpc) is 2.61. The molecule has 0 amide bonds. The smallest absolute Gasteiger partial charge is 0.0440 e. The molecule has 0 aromatic heterocycles. The van der Waals surface area contributed by atoms with Crippen LogP contribution in [0.3, 0.4) is 0 Å². The van der Waals surface area contributed by atoms with E-state index in [0.717, 1.165) is 19.0 Å². The summed E-state index contributed by atoms with van der Waals surface area (Å²) < 4.78 is 0. The first-order valence-electron chi connectivity index (χ1n) is 4.26. The van der Waals surface area contributed by atoms with Crippen LogP contribution in [0, 0.1) is 5.92 Å². The molecule has 2 nitrogen and oxygen atoms in total. The Morgan fingerprint density at radius 2 is 2.10 bits per heavy atom. The van der Waals surface area contributed by atoms with Crippen LogP contribution in [0.15, 0.2) is 0 Å². The van der Waals surface area contributed by atoms with Gasteiger partial charge in [-0.15, -0.1) is 0 Å². The van der Waals surface area contributed by atoms with E-state index >= 15 is 0 Å². The van der Waals surface area contributed by atoms with Gasteiger partial charge >= 0.3 is 0 Å². The standard InChI is InChI=1S/C8H16N2/c1-2-10-5-8(9,6-10)7-3-4-7/h7H,2-6,9H2,1H3. The molecule has 0 radical (unpaired) electrons. The van der Waals surface area contributed by atoms with E-state index in [9.17, 15) is 0 Å². The zero-order valence-electron chi connectivity index (χ0n) is 6.64. The SMILES string of the molecule is CCN1CC(N)(C2CC2)C1. The summed E-state index contributed by atoms with van der Waals surface area (Å²) in [5, 5.41) is 0. The minimum absolute atomic E-state index is 0.232. The third-order valence-corrected chi connectivity index (χ3v) is 2.87. The molecule has 0 aromatic rings. The highest BCUT2D eigenvalue weighted by Crippen LogP contribution is 2.42. The highest BCUT2D eigenvalue weighted by molar-refractivity contribution is 5.08. The van der Waals surface area contributed by atoms with E-state index in [2.05, 4.69) is 11.8 Å². The summed E-state index contributed by atoms with van der Waals surface area (Å²) in [6.45, 7) is 5.67. The summed E-state index contributed by atoms with van der Waals surface area (Å²) in [6, 6.07) is 0. The van der Waals surface area contributed by atoms with Crippen LogP contribution in [0.5, 0.6) is 0 Å². The lowest BCUT2D eigenvalue weighted by Gasteiger charge is -2.48. The van der Waals surface area contributed by atoms with Crippen LogP contribution < -0.4 is 5.73 Å². The summed E-state index contributed by atoms with van der Waals surface area (Å²) in [6.07, 6.45) is 2.77. The van der Waals surface area contributed by atoms with Crippen molar-refractivity contribution in [1.29, 1.82) is 0 Å². The molecule has 1 saturated heterocycles. The predicted molar refractivity (Wildman–Crippen MR) is 41.8 cm³/mol. The van der Waals surface area contributed by atoms with E-state index in [4.69, 9.17) is 5.73 Å². The second-order valence-corrected chi connectivity index (χ2v) is 3.81. The van der Waals surface area contributed by atoms with Crippen LogP contribution in [-0.4, -0.2) is 30.1 Å². The van der Waals surface area contributed by atoms with Crippen molar-refractivity contribution in [2.24, 2.45) is 11.7 Å². The van der Waals surface area contributed by atoms with Gasteiger partial charge in [-0.3, -0.25) is 4.90 Å². The zero-order chi connectivity index (χ0) is 7.19. The number of likely N-dealkylation sites (tertiary alicyclic amines) is 1. The van der Waals surface area contributed by atoms with Crippen molar-refractivity contribution in [3.63, 3.8) is 0 Å². The fourth-order valence-corrected chi connectivity index (χ4v) is 1.93. The van der Waals surface area contributed by atoms with Crippen LogP contribution in [0.4, 0.5) is 0 Å². The molecule has 1 aliphatic carbocycles. The van der Waals surface area contributed by atoms with Crippen molar-refractivity contribution in [3.05, 3.63) is 0 Å². The Balaban J connectivity index is 1.85. The van der Waals surface area contributed by atoms with E-state index in [0.29, 0.717) is 0 Å². The molecule has 0 bridgehead atoms. The van der Waals surface area contributed by atoms with Crippen LogP contribution in [0.2, 0.25) is 0 Å². The molecule has 1 saturated carbocycles. The maximum Gasteiger partial charge on any atom is 0.0440 e. The van der Waals surface area contributed by atoms with E-state index in [-0.39, 0.29) is 5.54 Å². The summed E-state index contributed by atoms with van der Waals surface area (Å²) in [4.78, 5) is 2.42. The second kappa shape index (κ2) is 1.95. The Bertz CT molecular complexity index is 134. The van der Waals surface area contributed by atoms with Gasteiger partial charge in [0, 0.05) is 18.6 Å². The quantitative estimate of drug-likeness (QED) is 0.602. The second-order valence-electron chi connectivity index (χ2n) is 3.81. The normalized spacial score (nSPS) is 31.8. The fourth-order valence-electron chi connectivity index (χ4n) is 1.93. The lowest BCUT2D eigenvalue weighted by molar-refractivity contribution is 0.0603. The molecular formula is C8H16N2. The summed E-state index contributed by atoms with van der Waals surface area (Å²) >= 11 is 0. The third kappa shape index (κ3) is 0.867. The number of hydrogen-bond donors (Lipinski definition) is 1. The van der Waals surface area contributed by atoms with Crippen LogP contribution in [0.1, 0.15) is 19.8 Å². The van der Waals surface area contributed by atoms with Crippen molar-refractivity contribution in [2.75, 3.05) is 19.6 Å². The molecule has 0 unspecified atom stereocenters. The largest absolute Gasteiger partial charge is 0.323 e. The fraction of sp³-hybridized carbons (Fsp3) is 1.00. The maximum absolute atomic E-state index is 6.13. The first-order chi connectivity index (χ1) is 4.74. The van der Waals surface area contributed by atoms with Gasteiger partial charge in [-0.25, -0.2) is 0 Å². The Labute approximate surface area is 62.4 Å². The summed E-state index contributed by atoms with van der Waals surface area (Å²) in [5.41, 5.74) is 6.36. The van der Waals surface area contributed by atoms with Crippen molar-refractivity contribution in [1.82, 2.24) is 4.90 Å². The van der Waals surface area contributed by atoms with Gasteiger partial charge in [0.25, 0.3) is 0 Å². The molecule has 2 N–H and O–H groups in total. The molecule has 58 valence electrons. The summed E-state index contributed by atoms with van der Waals surface area (Å²) in [7, 11) is 0. The van der Waals surface area contributed by atoms with Gasteiger partial charge in [0.1, 0.15) is 0 Å². The lowest BCUT2D eigenvalue weighted by Crippen LogP contribution is -2.68.